The normalized spacial score (nSPS) is 13.3. The Hall–Kier alpha value is -1.09. The summed E-state index contributed by atoms with van der Waals surface area (Å²) in [6.07, 6.45) is 5.87. The minimum atomic E-state index is 0.279. The summed E-state index contributed by atoms with van der Waals surface area (Å²) in [4.78, 5) is 4.24. The summed E-state index contributed by atoms with van der Waals surface area (Å²) in [6, 6.07) is 2.62. The molecule has 1 heterocycles. The van der Waals surface area contributed by atoms with E-state index < -0.39 is 0 Å². The maximum atomic E-state index is 5.49. The van der Waals surface area contributed by atoms with Gasteiger partial charge in [-0.25, -0.2) is 0 Å². The van der Waals surface area contributed by atoms with Crippen molar-refractivity contribution in [3.8, 4) is 5.75 Å². The van der Waals surface area contributed by atoms with Crippen LogP contribution in [0.2, 0.25) is 0 Å². The summed E-state index contributed by atoms with van der Waals surface area (Å²) in [6.45, 7) is 12.7. The monoisotopic (exact) mass is 264 g/mol. The number of aromatic nitrogens is 1. The molecule has 108 valence electrons. The molecule has 3 nitrogen and oxygen atoms in total. The lowest BCUT2D eigenvalue weighted by molar-refractivity contribution is 0.258. The molecular formula is C16H28N2O. The molecule has 0 aliphatic carbocycles. The molecule has 0 spiro atoms. The fraction of sp³-hybridized carbons (Fsp3) is 0.688. The van der Waals surface area contributed by atoms with E-state index in [1.54, 1.807) is 6.20 Å². The first kappa shape index (κ1) is 16.0. The topological polar surface area (TPSA) is 34.2 Å². The molecule has 1 atom stereocenters. The number of pyridine rings is 1. The van der Waals surface area contributed by atoms with Gasteiger partial charge in [0.15, 0.2) is 0 Å². The lowest BCUT2D eigenvalue weighted by Gasteiger charge is -2.31. The van der Waals surface area contributed by atoms with Crippen molar-refractivity contribution in [3.05, 3.63) is 24.0 Å². The van der Waals surface area contributed by atoms with Gasteiger partial charge in [-0.15, -0.1) is 0 Å². The third kappa shape index (κ3) is 5.60. The van der Waals surface area contributed by atoms with Crippen LogP contribution in [0.3, 0.4) is 0 Å². The summed E-state index contributed by atoms with van der Waals surface area (Å²) in [7, 11) is 0. The SMILES string of the molecule is CCNC(CCc1cncc(OCC)c1)C(C)(C)C. The van der Waals surface area contributed by atoms with Crippen LogP contribution in [0.15, 0.2) is 18.5 Å². The van der Waals surface area contributed by atoms with Crippen LogP contribution >= 0.6 is 0 Å². The Bertz CT molecular complexity index is 371. The van der Waals surface area contributed by atoms with Gasteiger partial charge in [0.05, 0.1) is 12.8 Å². The zero-order valence-corrected chi connectivity index (χ0v) is 13.0. The van der Waals surface area contributed by atoms with Crippen molar-refractivity contribution in [2.45, 2.75) is 53.5 Å². The van der Waals surface area contributed by atoms with E-state index in [2.05, 4.69) is 44.1 Å². The smallest absolute Gasteiger partial charge is 0.137 e. The van der Waals surface area contributed by atoms with Gasteiger partial charge in [0.25, 0.3) is 0 Å². The van der Waals surface area contributed by atoms with Crippen LogP contribution in [0.1, 0.15) is 46.6 Å². The Balaban J connectivity index is 2.61. The van der Waals surface area contributed by atoms with Gasteiger partial charge >= 0.3 is 0 Å². The molecular weight excluding hydrogens is 236 g/mol. The van der Waals surface area contributed by atoms with Crippen molar-refractivity contribution >= 4 is 0 Å². The molecule has 1 N–H and O–H groups in total. The Labute approximate surface area is 117 Å². The van der Waals surface area contributed by atoms with E-state index in [1.807, 2.05) is 13.1 Å². The zero-order chi connectivity index (χ0) is 14.3. The Kier molecular flexibility index (Phi) is 6.29. The van der Waals surface area contributed by atoms with E-state index >= 15 is 0 Å². The summed E-state index contributed by atoms with van der Waals surface area (Å²) >= 11 is 0. The maximum Gasteiger partial charge on any atom is 0.137 e. The molecule has 1 aromatic rings. The van der Waals surface area contributed by atoms with Gasteiger partial charge in [-0.05, 0) is 43.4 Å². The number of ether oxygens (including phenoxy) is 1. The molecule has 0 aliphatic heterocycles. The molecule has 0 fully saturated rings. The largest absolute Gasteiger partial charge is 0.492 e. The highest BCUT2D eigenvalue weighted by Crippen LogP contribution is 2.23. The Morgan fingerprint density at radius 1 is 1.26 bits per heavy atom. The van der Waals surface area contributed by atoms with E-state index in [0.717, 1.165) is 25.1 Å². The summed E-state index contributed by atoms with van der Waals surface area (Å²) in [5, 5.41) is 3.58. The highest BCUT2D eigenvalue weighted by atomic mass is 16.5. The van der Waals surface area contributed by atoms with Crippen LogP contribution in [0.4, 0.5) is 0 Å². The van der Waals surface area contributed by atoms with Crippen LogP contribution in [0.25, 0.3) is 0 Å². The average molecular weight is 264 g/mol. The summed E-state index contributed by atoms with van der Waals surface area (Å²) in [5.41, 5.74) is 1.53. The van der Waals surface area contributed by atoms with Gasteiger partial charge in [-0.1, -0.05) is 27.7 Å². The second kappa shape index (κ2) is 7.49. The minimum absolute atomic E-state index is 0.279. The van der Waals surface area contributed by atoms with E-state index in [0.29, 0.717) is 12.6 Å². The van der Waals surface area contributed by atoms with E-state index in [9.17, 15) is 0 Å². The highest BCUT2D eigenvalue weighted by Gasteiger charge is 2.23. The second-order valence-corrected chi connectivity index (χ2v) is 5.98. The van der Waals surface area contributed by atoms with Gasteiger partial charge in [0.1, 0.15) is 5.75 Å². The molecule has 1 unspecified atom stereocenters. The molecule has 0 saturated heterocycles. The van der Waals surface area contributed by atoms with Crippen LogP contribution in [0.5, 0.6) is 5.75 Å². The minimum Gasteiger partial charge on any atom is -0.492 e. The van der Waals surface area contributed by atoms with Gasteiger partial charge < -0.3 is 10.1 Å². The molecule has 0 aliphatic rings. The zero-order valence-electron chi connectivity index (χ0n) is 13.0. The first-order valence-corrected chi connectivity index (χ1v) is 7.27. The van der Waals surface area contributed by atoms with E-state index in [1.165, 1.54) is 5.56 Å². The lowest BCUT2D eigenvalue weighted by Crippen LogP contribution is -2.40. The van der Waals surface area contributed by atoms with Crippen LogP contribution in [-0.2, 0) is 6.42 Å². The molecule has 3 heteroatoms. The third-order valence-electron chi connectivity index (χ3n) is 3.30. The van der Waals surface area contributed by atoms with Gasteiger partial charge in [-0.3, -0.25) is 4.98 Å². The molecule has 0 radical (unpaired) electrons. The maximum absolute atomic E-state index is 5.49. The molecule has 1 rings (SSSR count). The van der Waals surface area contributed by atoms with Crippen LogP contribution < -0.4 is 10.1 Å². The van der Waals surface area contributed by atoms with E-state index in [-0.39, 0.29) is 5.41 Å². The third-order valence-corrected chi connectivity index (χ3v) is 3.30. The molecule has 0 amide bonds. The fourth-order valence-electron chi connectivity index (χ4n) is 2.24. The first-order valence-electron chi connectivity index (χ1n) is 7.27. The standard InChI is InChI=1S/C16H28N2O/c1-6-18-15(16(3,4)5)9-8-13-10-14(19-7-2)12-17-11-13/h10-12,15,18H,6-9H2,1-5H3. The number of nitrogens with one attached hydrogen (secondary N) is 1. The predicted molar refractivity (Wildman–Crippen MR) is 80.6 cm³/mol. The van der Waals surface area contributed by atoms with Gasteiger partial charge in [0, 0.05) is 12.2 Å². The molecule has 0 bridgehead atoms. The molecule has 1 aromatic heterocycles. The lowest BCUT2D eigenvalue weighted by atomic mass is 9.83. The quantitative estimate of drug-likeness (QED) is 0.819. The van der Waals surface area contributed by atoms with Crippen molar-refractivity contribution in [3.63, 3.8) is 0 Å². The van der Waals surface area contributed by atoms with Crippen LogP contribution in [-0.4, -0.2) is 24.2 Å². The number of hydrogen-bond donors (Lipinski definition) is 1. The highest BCUT2D eigenvalue weighted by molar-refractivity contribution is 5.23. The van der Waals surface area contributed by atoms with Gasteiger partial charge in [-0.2, -0.15) is 0 Å². The van der Waals surface area contributed by atoms with Crippen molar-refractivity contribution < 1.29 is 4.74 Å². The fourth-order valence-corrected chi connectivity index (χ4v) is 2.24. The van der Waals surface area contributed by atoms with Gasteiger partial charge in [0.2, 0.25) is 0 Å². The summed E-state index contributed by atoms with van der Waals surface area (Å²) < 4.78 is 5.49. The molecule has 0 aromatic carbocycles. The number of rotatable bonds is 7. The number of hydrogen-bond acceptors (Lipinski definition) is 3. The average Bonchev–Trinajstić information content (AvgIpc) is 2.34. The number of aryl methyl sites for hydroxylation is 1. The summed E-state index contributed by atoms with van der Waals surface area (Å²) in [5.74, 6) is 0.871. The van der Waals surface area contributed by atoms with E-state index in [4.69, 9.17) is 4.74 Å². The van der Waals surface area contributed by atoms with Crippen molar-refractivity contribution in [1.82, 2.24) is 10.3 Å². The van der Waals surface area contributed by atoms with Crippen LogP contribution in [0, 0.1) is 5.41 Å². The Morgan fingerprint density at radius 2 is 2.00 bits per heavy atom. The first-order chi connectivity index (χ1) is 8.97. The Morgan fingerprint density at radius 3 is 2.58 bits per heavy atom. The molecule has 0 saturated carbocycles. The second-order valence-electron chi connectivity index (χ2n) is 5.98. The van der Waals surface area contributed by atoms with Crippen molar-refractivity contribution in [1.29, 1.82) is 0 Å². The van der Waals surface area contributed by atoms with Crippen molar-refractivity contribution in [2.75, 3.05) is 13.2 Å². The number of nitrogens with zero attached hydrogens (tertiary/aromatic N) is 1. The van der Waals surface area contributed by atoms with Crippen molar-refractivity contribution in [2.24, 2.45) is 5.41 Å². The molecule has 19 heavy (non-hydrogen) atoms. The predicted octanol–water partition coefficient (Wildman–Crippen LogP) is 3.44.